The summed E-state index contributed by atoms with van der Waals surface area (Å²) in [6, 6.07) is 0. The maximum absolute atomic E-state index is 12.9. The summed E-state index contributed by atoms with van der Waals surface area (Å²) in [6.07, 6.45) is 0. The van der Waals surface area contributed by atoms with E-state index in [9.17, 15) is 56.0 Å². The van der Waals surface area contributed by atoms with Crippen LogP contribution < -0.4 is 59.1 Å². The van der Waals surface area contributed by atoms with Gasteiger partial charge in [0.1, 0.15) is 11.5 Å². The Hall–Kier alpha value is -0.760. The SMILES string of the molecule is O=C1c2c(O)c(S(=O)(=O)O)c(O)c([S-])c2C(=O)c2c(O)c(S(=O)(=O)O)c(O)c([S-])c21.[Na+].[Na+]. The van der Waals surface area contributed by atoms with E-state index >= 15 is 0 Å². The molecule has 2 aromatic carbocycles. The first-order valence-corrected chi connectivity index (χ1v) is 10.8. The summed E-state index contributed by atoms with van der Waals surface area (Å²) in [5.41, 5.74) is -4.29. The molecule has 0 atom stereocenters. The number of phenols is 4. The second kappa shape index (κ2) is 9.12. The number of benzene rings is 2. The fraction of sp³-hybridized carbons (Fsp3) is 0. The van der Waals surface area contributed by atoms with E-state index in [-0.39, 0.29) is 59.1 Å². The van der Waals surface area contributed by atoms with Crippen molar-refractivity contribution in [2.24, 2.45) is 0 Å². The van der Waals surface area contributed by atoms with Crippen molar-refractivity contribution < 1.29 is 115 Å². The van der Waals surface area contributed by atoms with Crippen molar-refractivity contribution in [3.8, 4) is 23.0 Å². The summed E-state index contributed by atoms with van der Waals surface area (Å²) in [5, 5.41) is 40.3. The van der Waals surface area contributed by atoms with Gasteiger partial charge in [0.25, 0.3) is 0 Å². The van der Waals surface area contributed by atoms with E-state index in [2.05, 4.69) is 0 Å². The second-order valence-electron chi connectivity index (χ2n) is 5.82. The molecule has 0 spiro atoms. The first-order chi connectivity index (χ1) is 13.5. The maximum atomic E-state index is 12.9. The standard InChI is InChI=1S/C14H8O12S4.2Na/c15-5-1-3(11(27)9(19)13(7(1)17)29(21,22)23)6(16)2-4(5)12(28)10(20)14(8(2)18)30(24,25)26;;/h17-20,27-28H,(H,21,22,23)(H,24,25,26);;/q;2*+1/p-2. The van der Waals surface area contributed by atoms with Gasteiger partial charge in [0, 0.05) is 11.1 Å². The molecule has 0 unspecified atom stereocenters. The van der Waals surface area contributed by atoms with Crippen LogP contribution in [0.5, 0.6) is 23.0 Å². The van der Waals surface area contributed by atoms with Crippen LogP contribution in [0.15, 0.2) is 19.6 Å². The molecular formula is C14H6Na2O12S4. The number of carbonyl (C=O) groups excluding carboxylic acids is 2. The zero-order valence-corrected chi connectivity index (χ0v) is 23.0. The molecule has 32 heavy (non-hydrogen) atoms. The molecule has 0 bridgehead atoms. The summed E-state index contributed by atoms with van der Waals surface area (Å²) in [5.74, 6) is -9.08. The zero-order valence-electron chi connectivity index (χ0n) is 15.8. The molecule has 2 aromatic rings. The molecule has 1 aliphatic carbocycles. The van der Waals surface area contributed by atoms with Crippen LogP contribution in [-0.4, -0.2) is 57.9 Å². The van der Waals surface area contributed by atoms with E-state index in [0.717, 1.165) is 0 Å². The molecule has 6 N–H and O–H groups in total. The normalized spacial score (nSPS) is 12.9. The summed E-state index contributed by atoms with van der Waals surface area (Å²) >= 11 is 9.46. The number of hydrogen-bond donors (Lipinski definition) is 6. The van der Waals surface area contributed by atoms with E-state index < -0.39 is 96.6 Å². The van der Waals surface area contributed by atoms with Gasteiger partial charge in [-0.3, -0.25) is 18.7 Å². The molecule has 1 aliphatic rings. The number of phenolic OH excluding ortho intramolecular Hbond substituents is 4. The summed E-state index contributed by atoms with van der Waals surface area (Å²) in [4.78, 5) is 20.5. The van der Waals surface area contributed by atoms with Crippen molar-refractivity contribution in [1.82, 2.24) is 0 Å². The molecule has 0 saturated heterocycles. The van der Waals surface area contributed by atoms with Gasteiger partial charge in [-0.05, 0) is 0 Å². The van der Waals surface area contributed by atoms with E-state index in [0.29, 0.717) is 0 Å². The quantitative estimate of drug-likeness (QED) is 0.101. The largest absolute Gasteiger partial charge is 1.00 e. The number of ketones is 2. The number of hydrogen-bond acceptors (Lipinski definition) is 12. The molecular weight excluding hydrogens is 534 g/mol. The molecule has 18 heteroatoms. The van der Waals surface area contributed by atoms with Crippen LogP contribution in [-0.2, 0) is 45.5 Å². The fourth-order valence-electron chi connectivity index (χ4n) is 2.97. The van der Waals surface area contributed by atoms with E-state index in [4.69, 9.17) is 25.3 Å². The minimum Gasteiger partial charge on any atom is -0.775 e. The van der Waals surface area contributed by atoms with Gasteiger partial charge in [0.05, 0.1) is 11.1 Å². The molecule has 12 nitrogen and oxygen atoms in total. The summed E-state index contributed by atoms with van der Waals surface area (Å²) in [7, 11) is -10.7. The van der Waals surface area contributed by atoms with Gasteiger partial charge in [-0.1, -0.05) is 0 Å². The third kappa shape index (κ3) is 4.12. The van der Waals surface area contributed by atoms with Crippen LogP contribution in [0.3, 0.4) is 0 Å². The van der Waals surface area contributed by atoms with Gasteiger partial charge in [0.15, 0.2) is 32.9 Å². The summed E-state index contributed by atoms with van der Waals surface area (Å²) < 4.78 is 64.3. The van der Waals surface area contributed by atoms with Crippen LogP contribution in [0.1, 0.15) is 31.8 Å². The van der Waals surface area contributed by atoms with E-state index in [1.54, 1.807) is 0 Å². The molecule has 0 fully saturated rings. The first-order valence-electron chi connectivity index (χ1n) is 7.15. The second-order valence-corrected chi connectivity index (χ2v) is 9.35. The predicted octanol–water partition coefficient (Wildman–Crippen LogP) is -6.40. The van der Waals surface area contributed by atoms with E-state index in [1.165, 1.54) is 0 Å². The van der Waals surface area contributed by atoms with Crippen molar-refractivity contribution in [1.29, 1.82) is 0 Å². The number of fused-ring (bicyclic) bond motifs is 2. The van der Waals surface area contributed by atoms with Gasteiger partial charge in [0.2, 0.25) is 0 Å². The Morgan fingerprint density at radius 2 is 0.781 bits per heavy atom. The van der Waals surface area contributed by atoms with Crippen molar-refractivity contribution in [3.05, 3.63) is 22.3 Å². The van der Waals surface area contributed by atoms with Crippen molar-refractivity contribution in [3.63, 3.8) is 0 Å². The Balaban J connectivity index is 0.00000256. The smallest absolute Gasteiger partial charge is 0.775 e. The summed E-state index contributed by atoms with van der Waals surface area (Å²) in [6.45, 7) is 0. The van der Waals surface area contributed by atoms with Gasteiger partial charge in [-0.2, -0.15) is 16.8 Å². The monoisotopic (exact) mass is 540 g/mol. The molecule has 0 amide bonds. The minimum atomic E-state index is -5.36. The first kappa shape index (κ1) is 29.3. The van der Waals surface area contributed by atoms with Gasteiger partial charge >= 0.3 is 79.4 Å². The molecule has 160 valence electrons. The predicted molar refractivity (Wildman–Crippen MR) is 97.3 cm³/mol. The number of carbonyl (C=O) groups is 2. The van der Waals surface area contributed by atoms with Crippen LogP contribution in [0.25, 0.3) is 0 Å². The van der Waals surface area contributed by atoms with Crippen LogP contribution >= 0.6 is 0 Å². The van der Waals surface area contributed by atoms with Gasteiger partial charge in [-0.15, -0.1) is 9.79 Å². The average Bonchev–Trinajstić information content (AvgIpc) is 2.56. The number of aromatic hydroxyl groups is 4. The third-order valence-corrected chi connectivity index (χ3v) is 6.74. The zero-order chi connectivity index (χ0) is 23.1. The van der Waals surface area contributed by atoms with Crippen molar-refractivity contribution >= 4 is 57.1 Å². The Morgan fingerprint density at radius 1 is 0.531 bits per heavy atom. The molecule has 0 radical (unpaired) electrons. The molecule has 0 heterocycles. The molecule has 0 aromatic heterocycles. The topological polar surface area (TPSA) is 224 Å². The molecule has 3 rings (SSSR count). The maximum Gasteiger partial charge on any atom is 1.00 e. The van der Waals surface area contributed by atoms with Crippen LogP contribution in [0.2, 0.25) is 0 Å². The molecule has 0 aliphatic heterocycles. The van der Waals surface area contributed by atoms with Gasteiger partial charge < -0.3 is 45.7 Å². The minimum absolute atomic E-state index is 0. The third-order valence-electron chi connectivity index (χ3n) is 4.14. The Kier molecular flexibility index (Phi) is 8.34. The number of rotatable bonds is 2. The Labute approximate surface area is 234 Å². The average molecular weight is 540 g/mol. The van der Waals surface area contributed by atoms with Crippen molar-refractivity contribution in [2.45, 2.75) is 19.6 Å². The molecule has 0 saturated carbocycles. The Morgan fingerprint density at radius 3 is 1.00 bits per heavy atom. The van der Waals surface area contributed by atoms with Crippen molar-refractivity contribution in [2.75, 3.05) is 0 Å². The van der Waals surface area contributed by atoms with E-state index in [1.807, 2.05) is 0 Å². The Bertz CT molecular complexity index is 1320. The van der Waals surface area contributed by atoms with Crippen LogP contribution in [0, 0.1) is 0 Å². The fourth-order valence-corrected chi connectivity index (χ4v) is 5.08. The van der Waals surface area contributed by atoms with Crippen LogP contribution in [0.4, 0.5) is 0 Å². The van der Waals surface area contributed by atoms with Gasteiger partial charge in [-0.25, -0.2) is 0 Å².